The number of thiazole rings is 1. The number of anilines is 1. The van der Waals surface area contributed by atoms with E-state index >= 15 is 0 Å². The molecule has 0 aliphatic rings. The Bertz CT molecular complexity index is 1190. The van der Waals surface area contributed by atoms with Gasteiger partial charge in [-0.15, -0.1) is 11.3 Å². The summed E-state index contributed by atoms with van der Waals surface area (Å²) in [4.78, 5) is 17.2. The highest BCUT2D eigenvalue weighted by molar-refractivity contribution is 8.00. The molecule has 0 radical (unpaired) electrons. The zero-order valence-electron chi connectivity index (χ0n) is 15.4. The molecule has 0 aliphatic carbocycles. The highest BCUT2D eigenvalue weighted by Gasteiger charge is 2.12. The quantitative estimate of drug-likeness (QED) is 0.315. The van der Waals surface area contributed by atoms with Gasteiger partial charge in [0, 0.05) is 27.0 Å². The molecule has 0 bridgehead atoms. The van der Waals surface area contributed by atoms with Crippen LogP contribution in [0, 0.1) is 6.92 Å². The second-order valence-electron chi connectivity index (χ2n) is 6.42. The molecule has 0 fully saturated rings. The van der Waals surface area contributed by atoms with E-state index < -0.39 is 0 Å². The average Bonchev–Trinajstić information content (AvgIpc) is 3.10. The van der Waals surface area contributed by atoms with E-state index in [1.165, 1.54) is 0 Å². The molecular formula is C22H16Cl2N2OS2. The number of hydrogen-bond acceptors (Lipinski definition) is 4. The molecule has 0 saturated heterocycles. The third kappa shape index (κ3) is 4.59. The summed E-state index contributed by atoms with van der Waals surface area (Å²) < 4.78 is 1.94. The maximum Gasteiger partial charge on any atom is 0.255 e. The van der Waals surface area contributed by atoms with Crippen molar-refractivity contribution in [1.29, 1.82) is 0 Å². The lowest BCUT2D eigenvalue weighted by molar-refractivity contribution is 0.102. The molecule has 1 N–H and O–H groups in total. The average molecular weight is 459 g/mol. The molecule has 3 aromatic carbocycles. The molecule has 0 unspecified atom stereocenters. The summed E-state index contributed by atoms with van der Waals surface area (Å²) in [5, 5.41) is 4.29. The van der Waals surface area contributed by atoms with E-state index in [1.807, 2.05) is 67.6 Å². The van der Waals surface area contributed by atoms with E-state index in [2.05, 4.69) is 10.3 Å². The summed E-state index contributed by atoms with van der Waals surface area (Å²) >= 11 is 15.7. The van der Waals surface area contributed by atoms with Gasteiger partial charge in [-0.05, 0) is 54.4 Å². The minimum Gasteiger partial charge on any atom is -0.322 e. The smallest absolute Gasteiger partial charge is 0.255 e. The van der Waals surface area contributed by atoms with Crippen LogP contribution in [0.25, 0.3) is 10.2 Å². The molecule has 3 nitrogen and oxygen atoms in total. The third-order valence-electron chi connectivity index (χ3n) is 4.42. The van der Waals surface area contributed by atoms with Crippen molar-refractivity contribution in [2.75, 3.05) is 5.32 Å². The van der Waals surface area contributed by atoms with E-state index in [-0.39, 0.29) is 5.91 Å². The van der Waals surface area contributed by atoms with Crippen LogP contribution in [0.2, 0.25) is 10.0 Å². The maximum absolute atomic E-state index is 12.5. The van der Waals surface area contributed by atoms with Crippen LogP contribution < -0.4 is 5.32 Å². The standard InChI is InChI=1S/C22H16Cl2N2OS2/c1-13-5-2-3-6-15(13)21(27)25-14-9-10-19-20(11-14)29-22(26-19)28-12-16-17(23)7-4-8-18(16)24/h2-11H,12H2,1H3,(H,25,27). The largest absolute Gasteiger partial charge is 0.322 e. The van der Waals surface area contributed by atoms with Gasteiger partial charge in [0.05, 0.1) is 10.2 Å². The second kappa shape index (κ2) is 8.76. The van der Waals surface area contributed by atoms with Crippen LogP contribution in [-0.2, 0) is 5.75 Å². The Morgan fingerprint density at radius 2 is 1.83 bits per heavy atom. The Morgan fingerprint density at radius 3 is 2.59 bits per heavy atom. The van der Waals surface area contributed by atoms with E-state index in [1.54, 1.807) is 23.1 Å². The van der Waals surface area contributed by atoms with Crippen LogP contribution in [0.5, 0.6) is 0 Å². The van der Waals surface area contributed by atoms with Crippen molar-refractivity contribution in [3.63, 3.8) is 0 Å². The molecule has 0 spiro atoms. The van der Waals surface area contributed by atoms with E-state index in [0.29, 0.717) is 21.4 Å². The number of rotatable bonds is 5. The Balaban J connectivity index is 1.50. The van der Waals surface area contributed by atoms with Crippen molar-refractivity contribution in [1.82, 2.24) is 4.98 Å². The fourth-order valence-electron chi connectivity index (χ4n) is 2.87. The van der Waals surface area contributed by atoms with Crippen molar-refractivity contribution in [2.45, 2.75) is 17.0 Å². The molecule has 0 aliphatic heterocycles. The number of carbonyl (C=O) groups is 1. The van der Waals surface area contributed by atoms with Crippen LogP contribution in [0.4, 0.5) is 5.69 Å². The zero-order valence-corrected chi connectivity index (χ0v) is 18.6. The van der Waals surface area contributed by atoms with Crippen molar-refractivity contribution in [3.8, 4) is 0 Å². The van der Waals surface area contributed by atoms with Gasteiger partial charge in [0.25, 0.3) is 5.91 Å². The minimum atomic E-state index is -0.116. The SMILES string of the molecule is Cc1ccccc1C(=O)Nc1ccc2nc(SCc3c(Cl)cccc3Cl)sc2c1. The molecule has 1 amide bonds. The first-order valence-electron chi connectivity index (χ1n) is 8.84. The van der Waals surface area contributed by atoms with Gasteiger partial charge in [0.15, 0.2) is 4.34 Å². The summed E-state index contributed by atoms with van der Waals surface area (Å²) in [5.41, 5.74) is 4.17. The minimum absolute atomic E-state index is 0.116. The summed E-state index contributed by atoms with van der Waals surface area (Å²) in [6.07, 6.45) is 0. The molecular weight excluding hydrogens is 443 g/mol. The number of hydrogen-bond donors (Lipinski definition) is 1. The maximum atomic E-state index is 12.5. The summed E-state index contributed by atoms with van der Waals surface area (Å²) in [6, 6.07) is 18.8. The number of nitrogens with one attached hydrogen (secondary N) is 1. The molecule has 4 rings (SSSR count). The number of aryl methyl sites for hydroxylation is 1. The molecule has 29 heavy (non-hydrogen) atoms. The van der Waals surface area contributed by atoms with Crippen LogP contribution >= 0.6 is 46.3 Å². The normalized spacial score (nSPS) is 11.0. The molecule has 4 aromatic rings. The molecule has 0 saturated carbocycles. The number of benzene rings is 3. The van der Waals surface area contributed by atoms with Gasteiger partial charge in [0.2, 0.25) is 0 Å². The van der Waals surface area contributed by atoms with Crippen LogP contribution in [0.15, 0.2) is 65.0 Å². The number of fused-ring (bicyclic) bond motifs is 1. The van der Waals surface area contributed by atoms with Crippen molar-refractivity contribution in [2.24, 2.45) is 0 Å². The van der Waals surface area contributed by atoms with Gasteiger partial charge in [-0.1, -0.05) is 59.2 Å². The summed E-state index contributed by atoms with van der Waals surface area (Å²) in [6.45, 7) is 1.93. The van der Waals surface area contributed by atoms with Gasteiger partial charge < -0.3 is 5.32 Å². The van der Waals surface area contributed by atoms with E-state index in [0.717, 1.165) is 31.4 Å². The van der Waals surface area contributed by atoms with Crippen molar-refractivity contribution >= 4 is 68.1 Å². The number of aromatic nitrogens is 1. The highest BCUT2D eigenvalue weighted by Crippen LogP contribution is 2.36. The zero-order chi connectivity index (χ0) is 20.4. The Hall–Kier alpha value is -2.05. The van der Waals surface area contributed by atoms with Crippen molar-refractivity contribution in [3.05, 3.63) is 87.4 Å². The van der Waals surface area contributed by atoms with Gasteiger partial charge in [-0.2, -0.15) is 0 Å². The molecule has 0 atom stereocenters. The lowest BCUT2D eigenvalue weighted by Gasteiger charge is -2.07. The molecule has 1 heterocycles. The topological polar surface area (TPSA) is 42.0 Å². The number of nitrogens with zero attached hydrogens (tertiary/aromatic N) is 1. The Morgan fingerprint density at radius 1 is 1.07 bits per heavy atom. The molecule has 7 heteroatoms. The fraction of sp³-hybridized carbons (Fsp3) is 0.0909. The van der Waals surface area contributed by atoms with Gasteiger partial charge in [-0.3, -0.25) is 4.79 Å². The van der Waals surface area contributed by atoms with Gasteiger partial charge >= 0.3 is 0 Å². The Kier molecular flexibility index (Phi) is 6.11. The van der Waals surface area contributed by atoms with E-state index in [9.17, 15) is 4.79 Å². The van der Waals surface area contributed by atoms with Crippen LogP contribution in [-0.4, -0.2) is 10.9 Å². The fourth-order valence-corrected chi connectivity index (χ4v) is 5.72. The monoisotopic (exact) mass is 458 g/mol. The Labute approximate surface area is 187 Å². The second-order valence-corrected chi connectivity index (χ2v) is 9.49. The predicted molar refractivity (Wildman–Crippen MR) is 125 cm³/mol. The van der Waals surface area contributed by atoms with Gasteiger partial charge in [0.1, 0.15) is 0 Å². The first kappa shape index (κ1) is 20.2. The highest BCUT2D eigenvalue weighted by atomic mass is 35.5. The first-order valence-corrected chi connectivity index (χ1v) is 11.4. The predicted octanol–water partition coefficient (Wildman–Crippen LogP) is 7.46. The molecule has 146 valence electrons. The lowest BCUT2D eigenvalue weighted by atomic mass is 10.1. The molecule has 1 aromatic heterocycles. The summed E-state index contributed by atoms with van der Waals surface area (Å²) in [5.74, 6) is 0.532. The lowest BCUT2D eigenvalue weighted by Crippen LogP contribution is -2.13. The van der Waals surface area contributed by atoms with Crippen LogP contribution in [0.3, 0.4) is 0 Å². The number of thioether (sulfide) groups is 1. The van der Waals surface area contributed by atoms with Gasteiger partial charge in [-0.25, -0.2) is 4.98 Å². The van der Waals surface area contributed by atoms with Crippen LogP contribution in [0.1, 0.15) is 21.5 Å². The first-order chi connectivity index (χ1) is 14.0. The summed E-state index contributed by atoms with van der Waals surface area (Å²) in [7, 11) is 0. The van der Waals surface area contributed by atoms with E-state index in [4.69, 9.17) is 23.2 Å². The number of amides is 1. The third-order valence-corrected chi connectivity index (χ3v) is 7.31. The number of halogens is 2. The number of carbonyl (C=O) groups excluding carboxylic acids is 1. The van der Waals surface area contributed by atoms with Crippen molar-refractivity contribution < 1.29 is 4.79 Å².